The summed E-state index contributed by atoms with van der Waals surface area (Å²) in [7, 11) is 0. The average molecular weight is 211 g/mol. The molecule has 0 heterocycles. The van der Waals surface area contributed by atoms with Crippen LogP contribution in [0.5, 0.6) is 0 Å². The fourth-order valence-electron chi connectivity index (χ4n) is 1.68. The summed E-state index contributed by atoms with van der Waals surface area (Å²) in [5.41, 5.74) is 1.10. The van der Waals surface area contributed by atoms with Crippen LogP contribution in [0.3, 0.4) is 0 Å². The molecular weight excluding hydrogens is 186 g/mol. The van der Waals surface area contributed by atoms with E-state index < -0.39 is 0 Å². The summed E-state index contributed by atoms with van der Waals surface area (Å²) >= 11 is 0. The maximum absolute atomic E-state index is 11.4. The van der Waals surface area contributed by atoms with Gasteiger partial charge in [0.2, 0.25) is 5.91 Å². The molecule has 0 aliphatic heterocycles. The first-order chi connectivity index (χ1) is 7.13. The van der Waals surface area contributed by atoms with Crippen molar-refractivity contribution in [2.45, 2.75) is 59.8 Å². The van der Waals surface area contributed by atoms with Crippen molar-refractivity contribution in [2.75, 3.05) is 6.54 Å². The standard InChI is InChI=1S/C13H25NO/c1-5-7-8-9-11-14(13(4)15)12(3)10-6-2/h10H,5-9,11H2,1-4H3/b12-10-. The monoisotopic (exact) mass is 211 g/mol. The first-order valence-electron chi connectivity index (χ1n) is 6.08. The van der Waals surface area contributed by atoms with Crippen LogP contribution < -0.4 is 0 Å². The predicted molar refractivity (Wildman–Crippen MR) is 65.6 cm³/mol. The van der Waals surface area contributed by atoms with Crippen LogP contribution in [0.15, 0.2) is 11.8 Å². The largest absolute Gasteiger partial charge is 0.317 e. The van der Waals surface area contributed by atoms with E-state index in [0.29, 0.717) is 0 Å². The second-order valence-electron chi connectivity index (χ2n) is 3.99. The Bertz CT molecular complexity index is 209. The average Bonchev–Trinajstić information content (AvgIpc) is 2.17. The van der Waals surface area contributed by atoms with Crippen LogP contribution in [0.4, 0.5) is 0 Å². The van der Waals surface area contributed by atoms with Crippen LogP contribution in [0, 0.1) is 0 Å². The number of rotatable bonds is 7. The van der Waals surface area contributed by atoms with E-state index in [1.807, 2.05) is 11.8 Å². The van der Waals surface area contributed by atoms with Crippen LogP contribution in [0.2, 0.25) is 0 Å². The number of unbranched alkanes of at least 4 members (excludes halogenated alkanes) is 3. The minimum atomic E-state index is 0.161. The highest BCUT2D eigenvalue weighted by Crippen LogP contribution is 2.08. The molecule has 0 aliphatic rings. The number of allylic oxidation sites excluding steroid dienone is 2. The van der Waals surface area contributed by atoms with Crippen molar-refractivity contribution in [3.05, 3.63) is 11.8 Å². The molecule has 0 aromatic rings. The smallest absolute Gasteiger partial charge is 0.223 e. The molecule has 2 nitrogen and oxygen atoms in total. The summed E-state index contributed by atoms with van der Waals surface area (Å²) in [5.74, 6) is 0.161. The van der Waals surface area contributed by atoms with Crippen LogP contribution in [0.25, 0.3) is 0 Å². The van der Waals surface area contributed by atoms with Gasteiger partial charge in [0, 0.05) is 19.2 Å². The van der Waals surface area contributed by atoms with E-state index in [-0.39, 0.29) is 5.91 Å². The maximum Gasteiger partial charge on any atom is 0.223 e. The molecule has 0 fully saturated rings. The second-order valence-corrected chi connectivity index (χ2v) is 3.99. The minimum absolute atomic E-state index is 0.161. The number of carbonyl (C=O) groups is 1. The lowest BCUT2D eigenvalue weighted by Gasteiger charge is -2.21. The van der Waals surface area contributed by atoms with Gasteiger partial charge in [0.1, 0.15) is 0 Å². The van der Waals surface area contributed by atoms with Crippen molar-refractivity contribution in [2.24, 2.45) is 0 Å². The van der Waals surface area contributed by atoms with Gasteiger partial charge in [-0.25, -0.2) is 0 Å². The van der Waals surface area contributed by atoms with E-state index >= 15 is 0 Å². The van der Waals surface area contributed by atoms with Gasteiger partial charge in [-0.15, -0.1) is 0 Å². The van der Waals surface area contributed by atoms with Crippen molar-refractivity contribution in [1.82, 2.24) is 4.90 Å². The molecule has 0 rings (SSSR count). The van der Waals surface area contributed by atoms with E-state index in [2.05, 4.69) is 19.9 Å². The molecule has 2 heteroatoms. The van der Waals surface area contributed by atoms with E-state index in [1.54, 1.807) is 6.92 Å². The number of hydrogen-bond donors (Lipinski definition) is 0. The zero-order valence-electron chi connectivity index (χ0n) is 10.7. The van der Waals surface area contributed by atoms with Gasteiger partial charge < -0.3 is 4.90 Å². The van der Waals surface area contributed by atoms with Crippen LogP contribution >= 0.6 is 0 Å². The van der Waals surface area contributed by atoms with E-state index in [4.69, 9.17) is 0 Å². The summed E-state index contributed by atoms with van der Waals surface area (Å²) in [6.45, 7) is 8.83. The third-order valence-electron chi connectivity index (χ3n) is 2.54. The summed E-state index contributed by atoms with van der Waals surface area (Å²) in [5, 5.41) is 0. The summed E-state index contributed by atoms with van der Waals surface area (Å²) in [4.78, 5) is 13.3. The Morgan fingerprint density at radius 2 is 1.80 bits per heavy atom. The SMILES string of the molecule is CC/C=C(/C)N(CCCCCC)C(C)=O. The molecule has 0 spiro atoms. The van der Waals surface area contributed by atoms with Crippen molar-refractivity contribution in [1.29, 1.82) is 0 Å². The molecular formula is C13H25NO. The minimum Gasteiger partial charge on any atom is -0.317 e. The van der Waals surface area contributed by atoms with Gasteiger partial charge >= 0.3 is 0 Å². The first-order valence-corrected chi connectivity index (χ1v) is 6.08. The van der Waals surface area contributed by atoms with Crippen LogP contribution in [-0.2, 0) is 4.79 Å². The molecule has 0 aromatic carbocycles. The number of nitrogens with zero attached hydrogens (tertiary/aromatic N) is 1. The topological polar surface area (TPSA) is 20.3 Å². The fourth-order valence-corrected chi connectivity index (χ4v) is 1.68. The number of amides is 1. The van der Waals surface area contributed by atoms with Gasteiger partial charge in [-0.3, -0.25) is 4.79 Å². The van der Waals surface area contributed by atoms with Crippen LogP contribution in [-0.4, -0.2) is 17.4 Å². The highest BCUT2D eigenvalue weighted by molar-refractivity contribution is 5.75. The van der Waals surface area contributed by atoms with Gasteiger partial charge in [-0.2, -0.15) is 0 Å². The molecule has 0 radical (unpaired) electrons. The lowest BCUT2D eigenvalue weighted by molar-refractivity contribution is -0.127. The Balaban J connectivity index is 4.05. The van der Waals surface area contributed by atoms with Crippen molar-refractivity contribution >= 4 is 5.91 Å². The Morgan fingerprint density at radius 3 is 2.27 bits per heavy atom. The predicted octanol–water partition coefficient (Wildman–Crippen LogP) is 3.73. The van der Waals surface area contributed by atoms with E-state index in [0.717, 1.165) is 25.1 Å². The molecule has 0 saturated heterocycles. The molecule has 88 valence electrons. The molecule has 0 aromatic heterocycles. The molecule has 0 saturated carbocycles. The third kappa shape index (κ3) is 6.32. The molecule has 0 unspecified atom stereocenters. The zero-order valence-corrected chi connectivity index (χ0v) is 10.7. The van der Waals surface area contributed by atoms with Gasteiger partial charge in [0.15, 0.2) is 0 Å². The van der Waals surface area contributed by atoms with Crippen molar-refractivity contribution in [3.63, 3.8) is 0 Å². The highest BCUT2D eigenvalue weighted by Gasteiger charge is 2.08. The summed E-state index contributed by atoms with van der Waals surface area (Å²) < 4.78 is 0. The molecule has 0 N–H and O–H groups in total. The number of carbonyl (C=O) groups excluding carboxylic acids is 1. The van der Waals surface area contributed by atoms with Crippen molar-refractivity contribution in [3.8, 4) is 0 Å². The van der Waals surface area contributed by atoms with E-state index in [9.17, 15) is 4.79 Å². The second kappa shape index (κ2) is 8.51. The highest BCUT2D eigenvalue weighted by atomic mass is 16.2. The van der Waals surface area contributed by atoms with E-state index in [1.165, 1.54) is 19.3 Å². The normalized spacial score (nSPS) is 11.6. The Hall–Kier alpha value is -0.790. The first kappa shape index (κ1) is 14.2. The lowest BCUT2D eigenvalue weighted by Crippen LogP contribution is -2.27. The Morgan fingerprint density at radius 1 is 1.13 bits per heavy atom. The molecule has 1 amide bonds. The summed E-state index contributed by atoms with van der Waals surface area (Å²) in [6, 6.07) is 0. The number of hydrogen-bond acceptors (Lipinski definition) is 1. The van der Waals surface area contributed by atoms with Crippen molar-refractivity contribution < 1.29 is 4.79 Å². The van der Waals surface area contributed by atoms with Gasteiger partial charge in [0.25, 0.3) is 0 Å². The van der Waals surface area contributed by atoms with Gasteiger partial charge in [-0.05, 0) is 19.8 Å². The summed E-state index contributed by atoms with van der Waals surface area (Å²) in [6.07, 6.45) is 7.94. The third-order valence-corrected chi connectivity index (χ3v) is 2.54. The molecule has 0 bridgehead atoms. The molecule has 15 heavy (non-hydrogen) atoms. The molecule has 0 aliphatic carbocycles. The lowest BCUT2D eigenvalue weighted by atomic mass is 10.2. The maximum atomic E-state index is 11.4. The Labute approximate surface area is 94.4 Å². The Kier molecular flexibility index (Phi) is 8.06. The zero-order chi connectivity index (χ0) is 11.7. The van der Waals surface area contributed by atoms with Crippen LogP contribution in [0.1, 0.15) is 59.8 Å². The van der Waals surface area contributed by atoms with Gasteiger partial charge in [0.05, 0.1) is 0 Å². The quantitative estimate of drug-likeness (QED) is 0.588. The molecule has 0 atom stereocenters. The van der Waals surface area contributed by atoms with Gasteiger partial charge in [-0.1, -0.05) is 39.2 Å². The fraction of sp³-hybridized carbons (Fsp3) is 0.769.